The van der Waals surface area contributed by atoms with Gasteiger partial charge in [0.05, 0.1) is 0 Å². The maximum atomic E-state index is 2.64. The van der Waals surface area contributed by atoms with Crippen LogP contribution in [0.4, 0.5) is 0 Å². The molecule has 0 N–H and O–H groups in total. The smallest absolute Gasteiger partial charge is 0.00385 e. The van der Waals surface area contributed by atoms with Crippen molar-refractivity contribution < 1.29 is 0 Å². The van der Waals surface area contributed by atoms with Gasteiger partial charge in [0, 0.05) is 6.04 Å². The lowest BCUT2D eigenvalue weighted by Gasteiger charge is -2.26. The van der Waals surface area contributed by atoms with E-state index < -0.39 is 0 Å². The van der Waals surface area contributed by atoms with Crippen LogP contribution in [0.25, 0.3) is 0 Å². The lowest BCUT2D eigenvalue weighted by atomic mass is 10.0. The summed E-state index contributed by atoms with van der Waals surface area (Å²) in [6.45, 7) is 9.69. The van der Waals surface area contributed by atoms with Crippen molar-refractivity contribution >= 4 is 0 Å². The fourth-order valence-corrected chi connectivity index (χ4v) is 2.14. The number of nitrogens with zero attached hydrogens (tertiary/aromatic N) is 1. The predicted molar refractivity (Wildman–Crippen MR) is 59.0 cm³/mol. The Labute approximate surface area is 83.5 Å². The molecule has 1 aliphatic heterocycles. The van der Waals surface area contributed by atoms with Crippen molar-refractivity contribution in [2.75, 3.05) is 13.1 Å². The van der Waals surface area contributed by atoms with E-state index in [1.54, 1.807) is 0 Å². The molecule has 1 rings (SSSR count). The summed E-state index contributed by atoms with van der Waals surface area (Å²) in [5.74, 6) is 0.944. The van der Waals surface area contributed by atoms with Gasteiger partial charge in [-0.05, 0) is 45.7 Å². The molecule has 13 heavy (non-hydrogen) atoms. The van der Waals surface area contributed by atoms with Crippen LogP contribution in [0.3, 0.4) is 0 Å². The number of hydrogen-bond donors (Lipinski definition) is 0. The van der Waals surface area contributed by atoms with E-state index in [0.29, 0.717) is 0 Å². The summed E-state index contributed by atoms with van der Waals surface area (Å²) in [7, 11) is 0. The van der Waals surface area contributed by atoms with Gasteiger partial charge < -0.3 is 4.90 Å². The summed E-state index contributed by atoms with van der Waals surface area (Å²) in [5.41, 5.74) is 0. The van der Waals surface area contributed by atoms with E-state index in [4.69, 9.17) is 0 Å². The summed E-state index contributed by atoms with van der Waals surface area (Å²) in [6.07, 6.45) is 7.15. The molecule has 1 nitrogen and oxygen atoms in total. The first-order valence-corrected chi connectivity index (χ1v) is 5.94. The van der Waals surface area contributed by atoms with Gasteiger partial charge in [-0.3, -0.25) is 0 Å². The minimum Gasteiger partial charge on any atom is -0.301 e. The molecule has 1 heteroatoms. The summed E-state index contributed by atoms with van der Waals surface area (Å²) >= 11 is 0. The minimum atomic E-state index is 0.741. The average Bonchev–Trinajstić information content (AvgIpc) is 2.17. The van der Waals surface area contributed by atoms with Gasteiger partial charge in [0.25, 0.3) is 0 Å². The van der Waals surface area contributed by atoms with Gasteiger partial charge >= 0.3 is 0 Å². The fourth-order valence-electron chi connectivity index (χ4n) is 2.14. The van der Waals surface area contributed by atoms with E-state index >= 15 is 0 Å². The van der Waals surface area contributed by atoms with Crippen molar-refractivity contribution in [2.45, 2.75) is 58.9 Å². The van der Waals surface area contributed by atoms with Gasteiger partial charge in [0.1, 0.15) is 0 Å². The van der Waals surface area contributed by atoms with Crippen molar-refractivity contribution in [2.24, 2.45) is 5.92 Å². The molecule has 0 aromatic heterocycles. The van der Waals surface area contributed by atoms with E-state index in [1.807, 2.05) is 0 Å². The average molecular weight is 183 g/mol. The van der Waals surface area contributed by atoms with Crippen LogP contribution < -0.4 is 0 Å². The first-order chi connectivity index (χ1) is 6.20. The molecule has 1 atom stereocenters. The molecule has 1 aliphatic rings. The van der Waals surface area contributed by atoms with E-state index in [2.05, 4.69) is 25.7 Å². The molecule has 0 bridgehead atoms. The first kappa shape index (κ1) is 11.0. The van der Waals surface area contributed by atoms with Gasteiger partial charge in [0.15, 0.2) is 0 Å². The highest BCUT2D eigenvalue weighted by Gasteiger charge is 2.12. The molecule has 0 aromatic carbocycles. The van der Waals surface area contributed by atoms with Gasteiger partial charge in [-0.15, -0.1) is 0 Å². The summed E-state index contributed by atoms with van der Waals surface area (Å²) in [4.78, 5) is 2.64. The third kappa shape index (κ3) is 4.12. The second-order valence-corrected chi connectivity index (χ2v) is 4.87. The lowest BCUT2D eigenvalue weighted by Crippen LogP contribution is -2.33. The normalized spacial score (nSPS) is 28.2. The second kappa shape index (κ2) is 5.64. The minimum absolute atomic E-state index is 0.741. The Balaban J connectivity index is 2.37. The largest absolute Gasteiger partial charge is 0.301 e. The van der Waals surface area contributed by atoms with Crippen LogP contribution in [0, 0.1) is 5.92 Å². The lowest BCUT2D eigenvalue weighted by molar-refractivity contribution is 0.210. The van der Waals surface area contributed by atoms with E-state index in [-0.39, 0.29) is 0 Å². The Morgan fingerprint density at radius 2 is 1.77 bits per heavy atom. The van der Waals surface area contributed by atoms with Crippen LogP contribution in [0.2, 0.25) is 0 Å². The van der Waals surface area contributed by atoms with E-state index in [1.165, 1.54) is 45.2 Å². The molecule has 0 amide bonds. The predicted octanol–water partition coefficient (Wildman–Crippen LogP) is 3.30. The van der Waals surface area contributed by atoms with Crippen molar-refractivity contribution in [1.82, 2.24) is 4.90 Å². The molecule has 1 heterocycles. The maximum absolute atomic E-state index is 2.64. The molecule has 1 unspecified atom stereocenters. The number of hydrogen-bond acceptors (Lipinski definition) is 1. The van der Waals surface area contributed by atoms with E-state index in [0.717, 1.165) is 12.0 Å². The van der Waals surface area contributed by atoms with Gasteiger partial charge in [-0.1, -0.05) is 26.2 Å². The Hall–Kier alpha value is -0.0400. The monoisotopic (exact) mass is 183 g/mol. The first-order valence-electron chi connectivity index (χ1n) is 5.94. The SMILES string of the molecule is CC1CCCCCN(C(C)C)CC1. The Morgan fingerprint density at radius 1 is 1.00 bits per heavy atom. The molecular weight excluding hydrogens is 158 g/mol. The zero-order valence-corrected chi connectivity index (χ0v) is 9.55. The van der Waals surface area contributed by atoms with Crippen LogP contribution in [0.1, 0.15) is 52.9 Å². The molecule has 0 saturated carbocycles. The van der Waals surface area contributed by atoms with Gasteiger partial charge in [-0.25, -0.2) is 0 Å². The Bertz CT molecular complexity index is 131. The summed E-state index contributed by atoms with van der Waals surface area (Å²) in [6, 6.07) is 0.741. The van der Waals surface area contributed by atoms with Gasteiger partial charge in [-0.2, -0.15) is 0 Å². The summed E-state index contributed by atoms with van der Waals surface area (Å²) in [5, 5.41) is 0. The Morgan fingerprint density at radius 3 is 2.46 bits per heavy atom. The standard InChI is InChI=1S/C12H25N/c1-11(2)13-9-6-4-5-7-12(3)8-10-13/h11-12H,4-10H2,1-3H3. The van der Waals surface area contributed by atoms with Crippen molar-refractivity contribution in [1.29, 1.82) is 0 Å². The van der Waals surface area contributed by atoms with Crippen LogP contribution in [-0.2, 0) is 0 Å². The quantitative estimate of drug-likeness (QED) is 0.603. The van der Waals surface area contributed by atoms with Crippen LogP contribution in [-0.4, -0.2) is 24.0 Å². The van der Waals surface area contributed by atoms with Gasteiger partial charge in [0.2, 0.25) is 0 Å². The second-order valence-electron chi connectivity index (χ2n) is 4.87. The molecule has 1 fully saturated rings. The van der Waals surface area contributed by atoms with E-state index in [9.17, 15) is 0 Å². The molecule has 0 radical (unpaired) electrons. The van der Waals surface area contributed by atoms with Crippen molar-refractivity contribution in [3.8, 4) is 0 Å². The van der Waals surface area contributed by atoms with Crippen LogP contribution in [0.5, 0.6) is 0 Å². The molecule has 0 aliphatic carbocycles. The topological polar surface area (TPSA) is 3.24 Å². The zero-order chi connectivity index (χ0) is 9.68. The summed E-state index contributed by atoms with van der Waals surface area (Å²) < 4.78 is 0. The van der Waals surface area contributed by atoms with Crippen LogP contribution >= 0.6 is 0 Å². The molecule has 0 aromatic rings. The molecule has 78 valence electrons. The number of rotatable bonds is 1. The van der Waals surface area contributed by atoms with Crippen molar-refractivity contribution in [3.63, 3.8) is 0 Å². The highest BCUT2D eigenvalue weighted by Crippen LogP contribution is 2.17. The fraction of sp³-hybridized carbons (Fsp3) is 1.00. The highest BCUT2D eigenvalue weighted by molar-refractivity contribution is 4.67. The maximum Gasteiger partial charge on any atom is 0.00385 e. The third-order valence-electron chi connectivity index (χ3n) is 3.28. The third-order valence-corrected chi connectivity index (χ3v) is 3.28. The zero-order valence-electron chi connectivity index (χ0n) is 9.55. The highest BCUT2D eigenvalue weighted by atomic mass is 15.1. The van der Waals surface area contributed by atoms with Crippen LogP contribution in [0.15, 0.2) is 0 Å². The molecule has 0 spiro atoms. The Kier molecular flexibility index (Phi) is 4.79. The molecular formula is C12H25N. The molecule has 1 saturated heterocycles. The van der Waals surface area contributed by atoms with Crippen molar-refractivity contribution in [3.05, 3.63) is 0 Å².